The highest BCUT2D eigenvalue weighted by atomic mass is 35.5. The second-order valence-corrected chi connectivity index (χ2v) is 10.7. The summed E-state index contributed by atoms with van der Waals surface area (Å²) < 4.78 is 45.7. The molecule has 1 spiro atoms. The largest absolute Gasteiger partial charge is 0.481 e. The third kappa shape index (κ3) is 5.13. The Morgan fingerprint density at radius 3 is 2.72 bits per heavy atom. The average Bonchev–Trinajstić information content (AvgIpc) is 3.29. The fourth-order valence-corrected chi connectivity index (χ4v) is 5.78. The molecule has 13 heteroatoms. The number of carbonyl (C=O) groups is 1. The first kappa shape index (κ1) is 27.2. The Kier molecular flexibility index (Phi) is 6.94. The number of aryl methyl sites for hydroxylation is 3. The minimum Gasteiger partial charge on any atom is -0.481 e. The summed E-state index contributed by atoms with van der Waals surface area (Å²) in [7, 11) is 2.74. The lowest BCUT2D eigenvalue weighted by Crippen LogP contribution is -2.56. The van der Waals surface area contributed by atoms with Crippen molar-refractivity contribution in [2.24, 2.45) is 7.05 Å². The summed E-state index contributed by atoms with van der Waals surface area (Å²) in [4.78, 5) is 27.9. The number of methoxy groups -OCH3 is 1. The molecule has 2 aliphatic rings. The molecule has 0 radical (unpaired) electrons. The number of piperidine rings is 1. The van der Waals surface area contributed by atoms with Crippen LogP contribution in [-0.4, -0.2) is 61.3 Å². The Morgan fingerprint density at radius 2 is 2.03 bits per heavy atom. The van der Waals surface area contributed by atoms with Gasteiger partial charge in [-0.25, -0.2) is 19.6 Å². The van der Waals surface area contributed by atoms with Gasteiger partial charge in [-0.1, -0.05) is 11.6 Å². The van der Waals surface area contributed by atoms with Crippen LogP contribution in [-0.2, 0) is 24.4 Å². The van der Waals surface area contributed by atoms with E-state index in [4.69, 9.17) is 21.3 Å². The summed E-state index contributed by atoms with van der Waals surface area (Å²) in [5, 5.41) is 7.98. The quantitative estimate of drug-likeness (QED) is 0.487. The van der Waals surface area contributed by atoms with E-state index in [0.29, 0.717) is 53.1 Å². The second kappa shape index (κ2) is 9.96. The SMILES string of the molecule is COc1cc([C@@H](C)C(=O)N2CCC[C@]3(CCc4cc(-c5nc(C(F)(F)F)n(C)n5)c(C)nc4N3)C2)c(Cl)cn1. The number of hydrogen-bond acceptors (Lipinski definition) is 7. The minimum absolute atomic E-state index is 0.00672. The Bertz CT molecular complexity index is 1430. The van der Waals surface area contributed by atoms with E-state index in [1.807, 2.05) is 17.9 Å². The van der Waals surface area contributed by atoms with Gasteiger partial charge in [0.2, 0.25) is 17.6 Å². The smallest absolute Gasteiger partial charge is 0.451 e. The van der Waals surface area contributed by atoms with Gasteiger partial charge >= 0.3 is 6.18 Å². The topological polar surface area (TPSA) is 98.1 Å². The van der Waals surface area contributed by atoms with Crippen molar-refractivity contribution in [3.63, 3.8) is 0 Å². The van der Waals surface area contributed by atoms with Crippen LogP contribution in [0.25, 0.3) is 11.4 Å². The molecule has 9 nitrogen and oxygen atoms in total. The lowest BCUT2D eigenvalue weighted by Gasteiger charge is -2.47. The molecule has 3 aromatic rings. The fourth-order valence-electron chi connectivity index (χ4n) is 5.52. The molecule has 39 heavy (non-hydrogen) atoms. The molecule has 0 saturated carbocycles. The number of carbonyl (C=O) groups excluding carboxylic acids is 1. The number of anilines is 1. The van der Waals surface area contributed by atoms with Crippen LogP contribution in [0.1, 0.15) is 54.7 Å². The Labute approximate surface area is 228 Å². The summed E-state index contributed by atoms with van der Waals surface area (Å²) in [6, 6.07) is 3.51. The van der Waals surface area contributed by atoms with Crippen LogP contribution in [0, 0.1) is 6.92 Å². The van der Waals surface area contributed by atoms with Crippen LogP contribution in [0.2, 0.25) is 5.02 Å². The molecule has 0 aliphatic carbocycles. The molecule has 5 heterocycles. The zero-order chi connectivity index (χ0) is 28.1. The summed E-state index contributed by atoms with van der Waals surface area (Å²) in [5.74, 6) is -0.495. The molecular formula is C26H29ClF3N7O2. The highest BCUT2D eigenvalue weighted by molar-refractivity contribution is 6.31. The Balaban J connectivity index is 1.36. The molecule has 1 N–H and O–H groups in total. The van der Waals surface area contributed by atoms with Gasteiger partial charge < -0.3 is 15.0 Å². The van der Waals surface area contributed by atoms with Crippen molar-refractivity contribution >= 4 is 23.3 Å². The highest BCUT2D eigenvalue weighted by Crippen LogP contribution is 2.39. The summed E-state index contributed by atoms with van der Waals surface area (Å²) in [6.07, 6.45) is -0.0112. The third-order valence-corrected chi connectivity index (χ3v) is 7.92. The summed E-state index contributed by atoms with van der Waals surface area (Å²) in [6.45, 7) is 4.70. The molecule has 1 saturated heterocycles. The number of halogens is 4. The monoisotopic (exact) mass is 563 g/mol. The van der Waals surface area contributed by atoms with Gasteiger partial charge in [-0.3, -0.25) is 4.79 Å². The van der Waals surface area contributed by atoms with Gasteiger partial charge in [-0.05, 0) is 56.7 Å². The number of amides is 1. The maximum absolute atomic E-state index is 13.5. The van der Waals surface area contributed by atoms with Crippen molar-refractivity contribution in [1.29, 1.82) is 0 Å². The van der Waals surface area contributed by atoms with Crippen LogP contribution in [0.4, 0.5) is 19.0 Å². The van der Waals surface area contributed by atoms with Gasteiger partial charge in [-0.15, -0.1) is 0 Å². The lowest BCUT2D eigenvalue weighted by molar-refractivity contribution is -0.147. The Hall–Kier alpha value is -3.41. The number of likely N-dealkylation sites (tertiary alicyclic amines) is 1. The van der Waals surface area contributed by atoms with Crippen molar-refractivity contribution < 1.29 is 22.7 Å². The number of pyridine rings is 2. The molecule has 5 rings (SSSR count). The van der Waals surface area contributed by atoms with E-state index in [9.17, 15) is 18.0 Å². The number of alkyl halides is 3. The van der Waals surface area contributed by atoms with Crippen LogP contribution in [0.5, 0.6) is 5.88 Å². The van der Waals surface area contributed by atoms with Crippen LogP contribution in [0.15, 0.2) is 18.3 Å². The van der Waals surface area contributed by atoms with E-state index >= 15 is 0 Å². The third-order valence-electron chi connectivity index (χ3n) is 7.60. The van der Waals surface area contributed by atoms with Crippen LogP contribution >= 0.6 is 11.6 Å². The van der Waals surface area contributed by atoms with Gasteiger partial charge in [0, 0.05) is 38.0 Å². The normalized spacial score (nSPS) is 19.9. The number of rotatable bonds is 4. The van der Waals surface area contributed by atoms with E-state index in [1.54, 1.807) is 13.0 Å². The predicted octanol–water partition coefficient (Wildman–Crippen LogP) is 4.78. The van der Waals surface area contributed by atoms with Crippen molar-refractivity contribution in [1.82, 2.24) is 29.6 Å². The fraction of sp³-hybridized carbons (Fsp3) is 0.500. The first-order valence-electron chi connectivity index (χ1n) is 12.7. The van der Waals surface area contributed by atoms with Gasteiger partial charge in [0.25, 0.3) is 0 Å². The highest BCUT2D eigenvalue weighted by Gasteiger charge is 2.42. The molecule has 1 fully saturated rings. The average molecular weight is 564 g/mol. The number of nitrogens with one attached hydrogen (secondary N) is 1. The maximum Gasteiger partial charge on any atom is 0.451 e. The van der Waals surface area contributed by atoms with E-state index in [-0.39, 0.29) is 17.3 Å². The van der Waals surface area contributed by atoms with E-state index in [2.05, 4.69) is 20.4 Å². The van der Waals surface area contributed by atoms with Crippen molar-refractivity contribution in [2.45, 2.75) is 57.2 Å². The van der Waals surface area contributed by atoms with Crippen molar-refractivity contribution in [3.8, 4) is 17.3 Å². The number of hydrogen-bond donors (Lipinski definition) is 1. The molecule has 3 aromatic heterocycles. The predicted molar refractivity (Wildman–Crippen MR) is 139 cm³/mol. The molecule has 0 aromatic carbocycles. The number of ether oxygens (including phenoxy) is 1. The molecule has 0 unspecified atom stereocenters. The molecular weight excluding hydrogens is 535 g/mol. The molecule has 2 atom stereocenters. The van der Waals surface area contributed by atoms with E-state index < -0.39 is 17.9 Å². The molecule has 208 valence electrons. The zero-order valence-corrected chi connectivity index (χ0v) is 22.8. The van der Waals surface area contributed by atoms with Crippen molar-refractivity contribution in [2.75, 3.05) is 25.5 Å². The van der Waals surface area contributed by atoms with E-state index in [0.717, 1.165) is 29.5 Å². The summed E-state index contributed by atoms with van der Waals surface area (Å²) in [5.41, 5.74) is 2.19. The van der Waals surface area contributed by atoms with Crippen LogP contribution < -0.4 is 10.1 Å². The van der Waals surface area contributed by atoms with Crippen LogP contribution in [0.3, 0.4) is 0 Å². The zero-order valence-electron chi connectivity index (χ0n) is 22.1. The summed E-state index contributed by atoms with van der Waals surface area (Å²) >= 11 is 6.36. The van der Waals surface area contributed by atoms with Gasteiger partial charge in [0.1, 0.15) is 5.82 Å². The Morgan fingerprint density at radius 1 is 1.26 bits per heavy atom. The van der Waals surface area contributed by atoms with Crippen molar-refractivity contribution in [3.05, 3.63) is 46.0 Å². The standard InChI is InChI=1S/C26H29ClF3N7O2/c1-14(17-11-20(39-4)31-12-19(17)27)23(38)37-9-5-7-25(13-37)8-6-16-10-18(15(2)32-21(16)34-25)22-33-24(26(28,29)30)36(3)35-22/h10-12,14H,5-9,13H2,1-4H3,(H,32,34)/t14-,25+/m1/s1. The first-order chi connectivity index (χ1) is 18.4. The van der Waals surface area contributed by atoms with E-state index in [1.165, 1.54) is 20.4 Å². The second-order valence-electron chi connectivity index (χ2n) is 10.2. The molecule has 2 aliphatic heterocycles. The van der Waals surface area contributed by atoms with Gasteiger partial charge in [0.05, 0.1) is 29.3 Å². The molecule has 0 bridgehead atoms. The first-order valence-corrected chi connectivity index (χ1v) is 13.0. The lowest BCUT2D eigenvalue weighted by atomic mass is 9.80. The number of fused-ring (bicyclic) bond motifs is 1. The number of aromatic nitrogens is 5. The number of nitrogens with zero attached hydrogens (tertiary/aromatic N) is 6. The molecule has 1 amide bonds. The maximum atomic E-state index is 13.5. The van der Waals surface area contributed by atoms with Gasteiger partial charge in [0.15, 0.2) is 5.82 Å². The minimum atomic E-state index is -4.60. The van der Waals surface area contributed by atoms with Gasteiger partial charge in [-0.2, -0.15) is 18.3 Å².